The third-order valence-electron chi connectivity index (χ3n) is 1.57. The van der Waals surface area contributed by atoms with Gasteiger partial charge in [0.1, 0.15) is 10.7 Å². The van der Waals surface area contributed by atoms with Gasteiger partial charge in [0, 0.05) is 0 Å². The summed E-state index contributed by atoms with van der Waals surface area (Å²) in [7, 11) is -3.66. The van der Waals surface area contributed by atoms with E-state index in [9.17, 15) is 12.8 Å². The van der Waals surface area contributed by atoms with E-state index in [-0.39, 0.29) is 10.6 Å². The fourth-order valence-electron chi connectivity index (χ4n) is 0.994. The number of halogens is 1. The largest absolute Gasteiger partial charge is 0.265 e. The first-order chi connectivity index (χ1) is 6.09. The molecule has 0 aromatic heterocycles. The van der Waals surface area contributed by atoms with Gasteiger partial charge in [0.2, 0.25) is 0 Å². The van der Waals surface area contributed by atoms with E-state index in [1.807, 2.05) is 4.72 Å². The van der Waals surface area contributed by atoms with Gasteiger partial charge in [-0.15, -0.1) is 0 Å². The lowest BCUT2D eigenvalue weighted by Crippen LogP contribution is -2.24. The lowest BCUT2D eigenvalue weighted by Gasteiger charge is -2.10. The van der Waals surface area contributed by atoms with Gasteiger partial charge in [0.25, 0.3) is 10.0 Å². The second-order valence-electron chi connectivity index (χ2n) is 2.44. The number of nitrogens with one attached hydrogen (secondary N) is 1. The predicted octanol–water partition coefficient (Wildman–Crippen LogP) is 0.654. The maximum Gasteiger partial charge on any atom is 0.265 e. The number of hydrogen-bond acceptors (Lipinski definition) is 3. The standard InChI is InChI=1S/C7H4FN2O2S/c8-5-1-2-6-7(3-5)13(11,12)10-4-9-6/h1-3H,(H,9,10). The topological polar surface area (TPSA) is 58.5 Å². The Bertz CT molecular complexity index is 481. The fraction of sp³-hybridized carbons (Fsp3) is 0. The van der Waals surface area contributed by atoms with Crippen molar-refractivity contribution in [1.29, 1.82) is 0 Å². The summed E-state index contributed by atoms with van der Waals surface area (Å²) < 4.78 is 37.1. The molecule has 4 nitrogen and oxygen atoms in total. The van der Waals surface area contributed by atoms with Crippen molar-refractivity contribution < 1.29 is 12.8 Å². The Morgan fingerprint density at radius 2 is 2.23 bits per heavy atom. The summed E-state index contributed by atoms with van der Waals surface area (Å²) in [5, 5.41) is 0. The van der Waals surface area contributed by atoms with E-state index >= 15 is 0 Å². The highest BCUT2D eigenvalue weighted by Crippen LogP contribution is 2.26. The summed E-state index contributed by atoms with van der Waals surface area (Å²) in [6.45, 7) is 0. The molecule has 0 spiro atoms. The molecule has 1 aromatic carbocycles. The van der Waals surface area contributed by atoms with E-state index in [0.29, 0.717) is 0 Å². The number of rotatable bonds is 0. The summed E-state index contributed by atoms with van der Waals surface area (Å²) in [6.07, 6.45) is 2.12. The van der Waals surface area contributed by atoms with Crippen LogP contribution in [0.4, 0.5) is 10.1 Å². The molecule has 67 valence electrons. The third-order valence-corrected chi connectivity index (χ3v) is 2.83. The highest BCUT2D eigenvalue weighted by atomic mass is 32.2. The van der Waals surface area contributed by atoms with Crippen LogP contribution in [0.1, 0.15) is 0 Å². The van der Waals surface area contributed by atoms with Gasteiger partial charge in [-0.3, -0.25) is 4.72 Å². The predicted molar refractivity (Wildman–Crippen MR) is 43.8 cm³/mol. The minimum absolute atomic E-state index is 0.161. The van der Waals surface area contributed by atoms with Gasteiger partial charge >= 0.3 is 0 Å². The normalized spacial score (nSPS) is 17.6. The summed E-state index contributed by atoms with van der Waals surface area (Å²) >= 11 is 0. The molecule has 1 aliphatic rings. The molecule has 6 heteroatoms. The summed E-state index contributed by atoms with van der Waals surface area (Å²) in [6, 6.07) is 3.35. The van der Waals surface area contributed by atoms with Gasteiger partial charge in [0.05, 0.1) is 5.69 Å². The molecule has 0 aliphatic carbocycles. The summed E-state index contributed by atoms with van der Waals surface area (Å²) in [5.41, 5.74) is 0.195. The van der Waals surface area contributed by atoms with E-state index in [0.717, 1.165) is 12.1 Å². The molecule has 0 amide bonds. The molecule has 0 saturated carbocycles. The highest BCUT2D eigenvalue weighted by molar-refractivity contribution is 7.90. The van der Waals surface area contributed by atoms with Crippen LogP contribution < -0.4 is 4.72 Å². The number of nitrogens with zero attached hydrogens (tertiary/aromatic N) is 1. The van der Waals surface area contributed by atoms with E-state index in [1.165, 1.54) is 6.07 Å². The maximum atomic E-state index is 12.7. The molecule has 1 heterocycles. The first-order valence-electron chi connectivity index (χ1n) is 3.37. The monoisotopic (exact) mass is 199 g/mol. The van der Waals surface area contributed by atoms with Crippen molar-refractivity contribution in [3.63, 3.8) is 0 Å². The average Bonchev–Trinajstić information content (AvgIpc) is 2.06. The molecule has 1 aromatic rings. The Labute approximate surface area is 74.2 Å². The third kappa shape index (κ3) is 1.29. The van der Waals surface area contributed by atoms with Gasteiger partial charge in [-0.05, 0) is 18.2 Å². The minimum atomic E-state index is -3.66. The Hall–Kier alpha value is -1.43. The molecule has 1 N–H and O–H groups in total. The maximum absolute atomic E-state index is 12.7. The van der Waals surface area contributed by atoms with E-state index in [1.54, 1.807) is 0 Å². The van der Waals surface area contributed by atoms with E-state index in [4.69, 9.17) is 0 Å². The zero-order chi connectivity index (χ0) is 9.47. The Morgan fingerprint density at radius 3 is 3.00 bits per heavy atom. The number of hydrogen-bond donors (Lipinski definition) is 1. The van der Waals surface area contributed by atoms with Crippen LogP contribution in [0.3, 0.4) is 0 Å². The van der Waals surface area contributed by atoms with Crippen molar-refractivity contribution >= 4 is 22.0 Å². The van der Waals surface area contributed by atoms with Crippen LogP contribution in [0, 0.1) is 5.82 Å². The van der Waals surface area contributed by atoms with Crippen molar-refractivity contribution in [3.05, 3.63) is 24.0 Å². The molecule has 1 aliphatic heterocycles. The molecule has 0 fully saturated rings. The summed E-state index contributed by atoms with van der Waals surface area (Å²) in [5.74, 6) is -0.610. The number of fused-ring (bicyclic) bond motifs is 1. The zero-order valence-corrected chi connectivity index (χ0v) is 7.10. The van der Waals surface area contributed by atoms with E-state index < -0.39 is 15.8 Å². The molecule has 13 heavy (non-hydrogen) atoms. The summed E-state index contributed by atoms with van der Waals surface area (Å²) in [4.78, 5) is 3.46. The first-order valence-corrected chi connectivity index (χ1v) is 4.85. The lowest BCUT2D eigenvalue weighted by atomic mass is 10.3. The van der Waals surface area contributed by atoms with Crippen LogP contribution >= 0.6 is 0 Å². The lowest BCUT2D eigenvalue weighted by molar-refractivity contribution is 0.587. The SMILES string of the molecule is O=S1(=O)N[C]=Nc2ccc(F)cc21. The first kappa shape index (κ1) is 8.18. The molecular formula is C7H4FN2O2S. The smallest absolute Gasteiger partial charge is 0.260 e. The van der Waals surface area contributed by atoms with E-state index in [2.05, 4.69) is 11.3 Å². The van der Waals surface area contributed by atoms with Crippen molar-refractivity contribution in [2.75, 3.05) is 0 Å². The van der Waals surface area contributed by atoms with Gasteiger partial charge in [0.15, 0.2) is 6.34 Å². The fourth-order valence-corrected chi connectivity index (χ4v) is 1.93. The molecule has 0 atom stereocenters. The average molecular weight is 199 g/mol. The quantitative estimate of drug-likeness (QED) is 0.667. The van der Waals surface area contributed by atoms with Gasteiger partial charge in [-0.1, -0.05) is 0 Å². The van der Waals surface area contributed by atoms with Gasteiger partial charge < -0.3 is 0 Å². The molecule has 2 rings (SSSR count). The van der Waals surface area contributed by atoms with Crippen LogP contribution in [0.2, 0.25) is 0 Å². The van der Waals surface area contributed by atoms with Crippen LogP contribution in [-0.2, 0) is 10.0 Å². The number of benzene rings is 1. The zero-order valence-electron chi connectivity index (χ0n) is 6.28. The Morgan fingerprint density at radius 1 is 1.46 bits per heavy atom. The second kappa shape index (κ2) is 2.53. The molecule has 0 bridgehead atoms. The van der Waals surface area contributed by atoms with Crippen LogP contribution in [-0.4, -0.2) is 14.8 Å². The molecule has 0 unspecified atom stereocenters. The molecular weight excluding hydrogens is 195 g/mol. The molecule has 0 saturated heterocycles. The van der Waals surface area contributed by atoms with Crippen molar-refractivity contribution in [2.45, 2.75) is 4.90 Å². The van der Waals surface area contributed by atoms with Gasteiger partial charge in [-0.25, -0.2) is 17.8 Å². The van der Waals surface area contributed by atoms with Crippen molar-refractivity contribution in [1.82, 2.24) is 4.72 Å². The van der Waals surface area contributed by atoms with Crippen LogP contribution in [0.5, 0.6) is 0 Å². The second-order valence-corrected chi connectivity index (χ2v) is 4.09. The van der Waals surface area contributed by atoms with Crippen LogP contribution in [0.25, 0.3) is 0 Å². The van der Waals surface area contributed by atoms with Gasteiger partial charge in [-0.2, -0.15) is 0 Å². The van der Waals surface area contributed by atoms with Crippen molar-refractivity contribution in [3.8, 4) is 0 Å². The minimum Gasteiger partial charge on any atom is -0.260 e. The van der Waals surface area contributed by atoms with Crippen molar-refractivity contribution in [2.24, 2.45) is 4.99 Å². The highest BCUT2D eigenvalue weighted by Gasteiger charge is 2.21. The number of aliphatic imine (C=N–C) groups is 1. The van der Waals surface area contributed by atoms with Crippen LogP contribution in [0.15, 0.2) is 28.1 Å². The number of sulfonamides is 1. The Balaban J connectivity index is 2.77. The Kier molecular flexibility index (Phi) is 1.59. The molecule has 1 radical (unpaired) electrons.